The monoisotopic (exact) mass is 1300 g/mol. The van der Waals surface area contributed by atoms with E-state index in [-0.39, 0.29) is 164 Å². The van der Waals surface area contributed by atoms with E-state index in [1.807, 2.05) is 0 Å². The summed E-state index contributed by atoms with van der Waals surface area (Å²) in [6.45, 7) is 18.2. The molecule has 5 N–H and O–H groups in total. The number of nitro benzene ring substituents is 2. The van der Waals surface area contributed by atoms with Crippen molar-refractivity contribution in [2.45, 2.75) is 229 Å². The van der Waals surface area contributed by atoms with Crippen molar-refractivity contribution in [3.05, 3.63) is 78.9 Å². The third kappa shape index (κ3) is 15.0. The van der Waals surface area contributed by atoms with Gasteiger partial charge in [0, 0.05) is 56.3 Å². The summed E-state index contributed by atoms with van der Waals surface area (Å²) < 4.78 is 24.1. The van der Waals surface area contributed by atoms with Crippen molar-refractivity contribution < 1.29 is 59.9 Å². The number of nitro groups is 2. The van der Waals surface area contributed by atoms with Crippen molar-refractivity contribution >= 4 is 54.9 Å². The van der Waals surface area contributed by atoms with Crippen LogP contribution in [0.4, 0.5) is 11.4 Å². The minimum atomic E-state index is -0.554. The number of carbonyl (C=O) groups excluding carboxylic acids is 4. The summed E-state index contributed by atoms with van der Waals surface area (Å²) >= 11 is 0. The first-order valence-electron chi connectivity index (χ1n) is 33.9. The van der Waals surface area contributed by atoms with Gasteiger partial charge in [0.25, 0.3) is 23.2 Å². The number of nitrogens with zero attached hydrogens (tertiary/aromatic N) is 2. The Morgan fingerprint density at radius 2 is 1.00 bits per heavy atom. The van der Waals surface area contributed by atoms with Gasteiger partial charge in [0.15, 0.2) is 0 Å². The Morgan fingerprint density at radius 1 is 0.600 bits per heavy atom. The minimum Gasteiger partial charge on any atom is -0.461 e. The maximum absolute atomic E-state index is 12.8. The van der Waals surface area contributed by atoms with Crippen LogP contribution in [0.15, 0.2) is 36.4 Å². The van der Waals surface area contributed by atoms with Crippen molar-refractivity contribution in [1.29, 1.82) is 0 Å². The van der Waals surface area contributed by atoms with E-state index in [4.69, 9.17) is 15.6 Å². The van der Waals surface area contributed by atoms with Crippen LogP contribution < -0.4 is 10.6 Å². The highest BCUT2D eigenvalue weighted by Gasteiger charge is 2.65. The summed E-state index contributed by atoms with van der Waals surface area (Å²) in [5.41, 5.74) is 1.13. The molecule has 90 heavy (non-hydrogen) atoms. The van der Waals surface area contributed by atoms with Crippen molar-refractivity contribution in [1.82, 2.24) is 10.6 Å². The number of methoxy groups -OCH3 is 1. The lowest BCUT2D eigenvalue weighted by atomic mass is 9.43. The highest BCUT2D eigenvalue weighted by Crippen LogP contribution is 2.70. The second-order valence-electron chi connectivity index (χ2n) is 29.3. The minimum absolute atomic E-state index is 0. The van der Waals surface area contributed by atoms with Crippen LogP contribution >= 0.6 is 19.8 Å². The Kier molecular flexibility index (Phi) is 25.2. The Labute approximate surface area is 543 Å². The van der Waals surface area contributed by atoms with Crippen molar-refractivity contribution in [3.8, 4) is 0 Å². The smallest absolute Gasteiger partial charge is 0.306 e. The van der Waals surface area contributed by atoms with Gasteiger partial charge in [0.1, 0.15) is 13.2 Å². The quantitative estimate of drug-likeness (QED) is 0.0379. The molecule has 2 aromatic rings. The van der Waals surface area contributed by atoms with Gasteiger partial charge in [0.05, 0.1) is 46.8 Å². The second-order valence-corrected chi connectivity index (χ2v) is 29.3. The van der Waals surface area contributed by atoms with E-state index < -0.39 is 9.85 Å². The maximum atomic E-state index is 12.8. The first kappa shape index (κ1) is 73.2. The summed E-state index contributed by atoms with van der Waals surface area (Å²) in [5, 5.41) is 62.0. The molecule has 8 saturated carbocycles. The van der Waals surface area contributed by atoms with Gasteiger partial charge in [0.2, 0.25) is 0 Å². The predicted molar refractivity (Wildman–Crippen MR) is 358 cm³/mol. The molecule has 8 fully saturated rings. The molecule has 22 atom stereocenters. The van der Waals surface area contributed by atoms with E-state index in [9.17, 15) is 54.7 Å². The topological polar surface area (TPSA) is 267 Å². The number of carbonyl (C=O) groups is 4. The van der Waals surface area contributed by atoms with Crippen LogP contribution in [0.1, 0.15) is 224 Å². The molecule has 10 unspecified atom stereocenters. The molecule has 8 aliphatic rings. The summed E-state index contributed by atoms with van der Waals surface area (Å²) in [7, 11) is 0.0111. The molecule has 8 aliphatic carbocycles. The first-order chi connectivity index (χ1) is 41.8. The molecule has 0 aliphatic heterocycles. The van der Waals surface area contributed by atoms with E-state index in [1.165, 1.54) is 36.4 Å². The van der Waals surface area contributed by atoms with Crippen LogP contribution in [0.3, 0.4) is 0 Å². The molecule has 0 bridgehead atoms. The molecule has 506 valence electrons. The van der Waals surface area contributed by atoms with Gasteiger partial charge in [-0.3, -0.25) is 39.4 Å². The number of hydrogen-bond donors (Lipinski definition) is 5. The standard InChI is InChI=1S/C35H52N2O7.C34H50N2O7.CH4.2H3P/c1-6-36-33(40)22-8-9-23(29(17-22)37(41)42)20-44-31(39)12-7-21(2)26-10-11-27-32-28(14-16-35(26,27)4)34(3)15-13-25(43-5)18-24(34)19-30(32)38;1-5-35-32(40)21-7-8-22(28(16-21)36(41)42)19-43-30(39)11-6-20(2)25-9-10-26-31-27(13-15-34(25,26)4)33(3)14-12-24(37)17-23(33)18-29(31)38;;;/h8-9,17,21,24-28,30,32,38H,6-7,10-16,18-20H2,1-5H3,(H,36,40);7-8,16,20,23-27,29,31,37-38H,5-6,9-15,17-19H2,1-4H3,(H,35,40);1H4;2*1H3/t21-,24-,25+,26?,27?,28?,30+,32?,34-,35+;20-,23-,24+,25?,26?,27?,29+,31?,33-,34+;;;/m00.../s1/i5D;;;;. The fourth-order valence-electron chi connectivity index (χ4n) is 20.6. The zero-order valence-electron chi connectivity index (χ0n) is 55.5. The van der Waals surface area contributed by atoms with Crippen molar-refractivity contribution in [3.63, 3.8) is 0 Å². The van der Waals surface area contributed by atoms with Gasteiger partial charge in [-0.05, 0) is 246 Å². The van der Waals surface area contributed by atoms with Gasteiger partial charge >= 0.3 is 11.9 Å². The number of aliphatic hydroxyl groups excluding tert-OH is 3. The van der Waals surface area contributed by atoms with Crippen LogP contribution in [-0.4, -0.2) is 93.5 Å². The van der Waals surface area contributed by atoms with E-state index in [0.717, 1.165) is 103 Å². The third-order valence-electron chi connectivity index (χ3n) is 25.2. The largest absolute Gasteiger partial charge is 0.461 e. The molecule has 0 saturated heterocycles. The lowest BCUT2D eigenvalue weighted by molar-refractivity contribution is -0.386. The lowest BCUT2D eigenvalue weighted by Crippen LogP contribution is -2.58. The molecule has 0 heterocycles. The third-order valence-corrected chi connectivity index (χ3v) is 25.2. The molecule has 2 amide bonds. The van der Waals surface area contributed by atoms with Crippen LogP contribution in [0.25, 0.3) is 0 Å². The number of amides is 2. The number of nitrogens with one attached hydrogen (secondary N) is 2. The summed E-state index contributed by atoms with van der Waals surface area (Å²) in [5.74, 6) is 3.52. The molecule has 0 spiro atoms. The fraction of sp³-hybridized carbons (Fsp3) is 0.771. The van der Waals surface area contributed by atoms with E-state index in [1.54, 1.807) is 13.8 Å². The molecule has 2 aromatic carbocycles. The van der Waals surface area contributed by atoms with Crippen molar-refractivity contribution in [2.24, 2.45) is 92.7 Å². The Hall–Kier alpha value is -4.18. The van der Waals surface area contributed by atoms with Gasteiger partial charge in [-0.2, -0.15) is 19.8 Å². The highest BCUT2D eigenvalue weighted by atomic mass is 31.0. The van der Waals surface area contributed by atoms with Crippen LogP contribution in [0.5, 0.6) is 0 Å². The van der Waals surface area contributed by atoms with Gasteiger partial charge in [-0.25, -0.2) is 0 Å². The zero-order chi connectivity index (χ0) is 63.6. The number of benzene rings is 2. The molecule has 18 nitrogen and oxygen atoms in total. The van der Waals surface area contributed by atoms with E-state index in [0.29, 0.717) is 96.9 Å². The Morgan fingerprint density at radius 3 is 1.41 bits per heavy atom. The summed E-state index contributed by atoms with van der Waals surface area (Å²) in [6, 6.07) is 8.43. The second kappa shape index (κ2) is 30.9. The molecule has 10 rings (SSSR count). The van der Waals surface area contributed by atoms with Gasteiger partial charge in [-0.15, -0.1) is 0 Å². The molecule has 0 aromatic heterocycles. The number of esters is 2. The Balaban J connectivity index is 0.000000280. The molecular formula is C70H112N4O14P2. The fourth-order valence-corrected chi connectivity index (χ4v) is 20.6. The summed E-state index contributed by atoms with van der Waals surface area (Å²) in [4.78, 5) is 71.9. The zero-order valence-corrected chi connectivity index (χ0v) is 57.3. The average Bonchev–Trinajstić information content (AvgIpc) is 1.71. The predicted octanol–water partition coefficient (Wildman–Crippen LogP) is 13.0. The van der Waals surface area contributed by atoms with Crippen molar-refractivity contribution in [2.75, 3.05) is 20.2 Å². The Bertz CT molecular complexity index is 2870. The number of rotatable bonds is 19. The van der Waals surface area contributed by atoms with Crippen LogP contribution in [0, 0.1) is 113 Å². The molecule has 0 radical (unpaired) electrons. The van der Waals surface area contributed by atoms with Crippen LogP contribution in [0.2, 0.25) is 0 Å². The summed E-state index contributed by atoms with van der Waals surface area (Å²) in [6.07, 6.45) is 17.7. The highest BCUT2D eigenvalue weighted by molar-refractivity contribution is 6.92. The average molecular weight is 1300 g/mol. The number of hydrogen-bond acceptors (Lipinski definition) is 14. The molecular weight excluding hydrogens is 1180 g/mol. The maximum Gasteiger partial charge on any atom is 0.306 e. The van der Waals surface area contributed by atoms with Gasteiger partial charge < -0.3 is 40.2 Å². The van der Waals surface area contributed by atoms with Gasteiger partial charge in [-0.1, -0.05) is 49.0 Å². The normalized spacial score (nSPS) is 36.0. The molecule has 20 heteroatoms. The van der Waals surface area contributed by atoms with E-state index >= 15 is 0 Å². The number of aliphatic hydroxyl groups is 3. The lowest BCUT2D eigenvalue weighted by Gasteiger charge is -2.62. The first-order valence-corrected chi connectivity index (χ1v) is 33.2. The number of ether oxygens (including phenoxy) is 3. The SMILES string of the molecule is C.CCNC(=O)c1ccc(COC(=O)CC[C@H](C)C2CCC3C4C(CC[C@@]32C)[C@@]2(C)CC[C@@H](O)C[C@H]2C[C@H]4O)c([N+](=O)[O-])c1.P.P.[2H]CO[C@@H]1CC[C@]2(C)C3CC[C@@]4(C)C(CCC4[C@@H](C)CCC(=O)OCc4ccc(C(=O)NCC)cc4[N+](=O)[O-])C3[C@H](O)C[C@@H]2C1. The van der Waals surface area contributed by atoms with E-state index in [2.05, 4.69) is 52.2 Å². The number of fused-ring (bicyclic) bond motifs is 10. The van der Waals surface area contributed by atoms with Crippen LogP contribution in [-0.2, 0) is 37.0 Å².